The first-order valence-corrected chi connectivity index (χ1v) is 7.47. The third kappa shape index (κ3) is 2.38. The highest BCUT2D eigenvalue weighted by molar-refractivity contribution is 5.37. The molecule has 5 heteroatoms. The van der Waals surface area contributed by atoms with E-state index in [1.54, 1.807) is 16.5 Å². The number of rotatable bonds is 3. The summed E-state index contributed by atoms with van der Waals surface area (Å²) in [4.78, 5) is 14.5. The van der Waals surface area contributed by atoms with E-state index in [-0.39, 0.29) is 5.56 Å². The molecule has 3 rings (SSSR count). The Labute approximate surface area is 118 Å². The van der Waals surface area contributed by atoms with Gasteiger partial charge in [-0.3, -0.25) is 14.8 Å². The minimum atomic E-state index is -0.00171. The summed E-state index contributed by atoms with van der Waals surface area (Å²) < 4.78 is 1.70. The van der Waals surface area contributed by atoms with Gasteiger partial charge in [-0.2, -0.15) is 5.10 Å². The molecule has 1 saturated heterocycles. The standard InChI is InChI=1S/C15H22N4O/c1-11(2)18-9-4-3-6-12(18)10-14-17-16-13-7-5-8-15(20)19(13)14/h5,7-8,11-12,16H,3-4,6,9-10H2,1-2H3. The Morgan fingerprint density at radius 3 is 3.05 bits per heavy atom. The zero-order valence-electron chi connectivity index (χ0n) is 12.2. The van der Waals surface area contributed by atoms with Crippen molar-refractivity contribution in [3.8, 4) is 0 Å². The van der Waals surface area contributed by atoms with Crippen molar-refractivity contribution in [2.45, 2.75) is 51.6 Å². The summed E-state index contributed by atoms with van der Waals surface area (Å²) in [7, 11) is 0. The van der Waals surface area contributed by atoms with Crippen LogP contribution in [0.5, 0.6) is 0 Å². The van der Waals surface area contributed by atoms with Crippen LogP contribution in [0.25, 0.3) is 5.65 Å². The molecule has 108 valence electrons. The molecule has 1 fully saturated rings. The van der Waals surface area contributed by atoms with Gasteiger partial charge in [-0.05, 0) is 39.3 Å². The van der Waals surface area contributed by atoms with Crippen molar-refractivity contribution in [2.24, 2.45) is 0 Å². The molecule has 0 bridgehead atoms. The molecule has 0 aromatic carbocycles. The number of hydrogen-bond acceptors (Lipinski definition) is 3. The maximum atomic E-state index is 12.0. The van der Waals surface area contributed by atoms with Crippen LogP contribution in [0.15, 0.2) is 23.0 Å². The second-order valence-corrected chi connectivity index (χ2v) is 5.91. The lowest BCUT2D eigenvalue weighted by Crippen LogP contribution is -2.45. The molecule has 3 heterocycles. The molecule has 0 saturated carbocycles. The molecule has 1 N–H and O–H groups in total. The number of aromatic amines is 1. The summed E-state index contributed by atoms with van der Waals surface area (Å²) in [5, 5.41) is 7.31. The summed E-state index contributed by atoms with van der Waals surface area (Å²) in [6.07, 6.45) is 4.57. The van der Waals surface area contributed by atoms with Crippen LogP contribution in [0.2, 0.25) is 0 Å². The summed E-state index contributed by atoms with van der Waals surface area (Å²) in [5.74, 6) is 0.850. The van der Waals surface area contributed by atoms with E-state index in [1.165, 1.54) is 19.3 Å². The molecule has 0 aliphatic carbocycles. The van der Waals surface area contributed by atoms with Crippen LogP contribution < -0.4 is 5.56 Å². The van der Waals surface area contributed by atoms with Gasteiger partial charge in [-0.25, -0.2) is 4.40 Å². The van der Waals surface area contributed by atoms with Crippen molar-refractivity contribution in [1.29, 1.82) is 0 Å². The molecule has 1 unspecified atom stereocenters. The second-order valence-electron chi connectivity index (χ2n) is 5.91. The molecule has 20 heavy (non-hydrogen) atoms. The highest BCUT2D eigenvalue weighted by atomic mass is 16.1. The Morgan fingerprint density at radius 2 is 2.25 bits per heavy atom. The fraction of sp³-hybridized carbons (Fsp3) is 0.600. The highest BCUT2D eigenvalue weighted by Crippen LogP contribution is 2.22. The third-order valence-electron chi connectivity index (χ3n) is 4.27. The Kier molecular flexibility index (Phi) is 3.61. The number of fused-ring (bicyclic) bond motifs is 1. The molecule has 1 atom stereocenters. The number of likely N-dealkylation sites (tertiary alicyclic amines) is 1. The molecular formula is C15H22N4O. The van der Waals surface area contributed by atoms with Gasteiger partial charge in [-0.15, -0.1) is 0 Å². The van der Waals surface area contributed by atoms with Crippen molar-refractivity contribution in [3.05, 3.63) is 34.4 Å². The number of piperidine rings is 1. The number of hydrogen-bond donors (Lipinski definition) is 1. The molecule has 5 nitrogen and oxygen atoms in total. The van der Waals surface area contributed by atoms with Crippen molar-refractivity contribution in [2.75, 3.05) is 6.54 Å². The van der Waals surface area contributed by atoms with Gasteiger partial charge in [0, 0.05) is 24.6 Å². The Bertz CT molecular complexity index is 643. The lowest BCUT2D eigenvalue weighted by Gasteiger charge is -2.38. The quantitative estimate of drug-likeness (QED) is 0.929. The molecule has 0 spiro atoms. The van der Waals surface area contributed by atoms with Gasteiger partial charge in [0.1, 0.15) is 11.5 Å². The average molecular weight is 274 g/mol. The molecule has 0 radical (unpaired) electrons. The second kappa shape index (κ2) is 5.40. The zero-order valence-corrected chi connectivity index (χ0v) is 12.2. The topological polar surface area (TPSA) is 53.4 Å². The lowest BCUT2D eigenvalue weighted by molar-refractivity contribution is 0.110. The van der Waals surface area contributed by atoms with Crippen molar-refractivity contribution < 1.29 is 0 Å². The van der Waals surface area contributed by atoms with E-state index in [0.717, 1.165) is 24.4 Å². The zero-order chi connectivity index (χ0) is 14.1. The van der Waals surface area contributed by atoms with Crippen molar-refractivity contribution in [3.63, 3.8) is 0 Å². The largest absolute Gasteiger partial charge is 0.298 e. The summed E-state index contributed by atoms with van der Waals surface area (Å²) in [5.41, 5.74) is 0.776. The van der Waals surface area contributed by atoms with Gasteiger partial charge in [0.25, 0.3) is 5.56 Å². The van der Waals surface area contributed by atoms with Crippen LogP contribution in [-0.2, 0) is 6.42 Å². The van der Waals surface area contributed by atoms with Crippen LogP contribution in [0.4, 0.5) is 0 Å². The van der Waals surface area contributed by atoms with E-state index in [1.807, 2.05) is 6.07 Å². The first-order chi connectivity index (χ1) is 9.66. The first-order valence-electron chi connectivity index (χ1n) is 7.47. The molecule has 1 aliphatic heterocycles. The van der Waals surface area contributed by atoms with Crippen molar-refractivity contribution in [1.82, 2.24) is 19.5 Å². The number of nitrogens with zero attached hydrogens (tertiary/aromatic N) is 3. The van der Waals surface area contributed by atoms with Gasteiger partial charge in [0.2, 0.25) is 0 Å². The highest BCUT2D eigenvalue weighted by Gasteiger charge is 2.26. The number of pyridine rings is 1. The monoisotopic (exact) mass is 274 g/mol. The molecule has 1 aliphatic rings. The van der Waals surface area contributed by atoms with Crippen LogP contribution in [0.3, 0.4) is 0 Å². The molecular weight excluding hydrogens is 252 g/mol. The molecule has 0 amide bonds. The maximum absolute atomic E-state index is 12.0. The van der Waals surface area contributed by atoms with Gasteiger partial charge in [0.05, 0.1) is 0 Å². The number of H-pyrrole nitrogens is 1. The summed E-state index contributed by atoms with van der Waals surface area (Å²) in [6, 6.07) is 6.27. The fourth-order valence-corrected chi connectivity index (χ4v) is 3.28. The van der Waals surface area contributed by atoms with Gasteiger partial charge in [-0.1, -0.05) is 12.5 Å². The predicted octanol–water partition coefficient (Wildman–Crippen LogP) is 1.83. The van der Waals surface area contributed by atoms with Gasteiger partial charge in [0.15, 0.2) is 0 Å². The molecule has 2 aromatic heterocycles. The fourth-order valence-electron chi connectivity index (χ4n) is 3.28. The SMILES string of the molecule is CC(C)N1CCCCC1Cc1n[nH]c2cccc(=O)n12. The van der Waals surface area contributed by atoms with Crippen LogP contribution in [-0.4, -0.2) is 38.1 Å². The summed E-state index contributed by atoms with van der Waals surface area (Å²) in [6.45, 7) is 5.64. The van der Waals surface area contributed by atoms with Crippen molar-refractivity contribution >= 4 is 5.65 Å². The van der Waals surface area contributed by atoms with Crippen LogP contribution in [0, 0.1) is 0 Å². The normalized spacial score (nSPS) is 20.9. The number of nitrogens with one attached hydrogen (secondary N) is 1. The van der Waals surface area contributed by atoms with E-state index < -0.39 is 0 Å². The average Bonchev–Trinajstić information content (AvgIpc) is 2.84. The maximum Gasteiger partial charge on any atom is 0.257 e. The smallest absolute Gasteiger partial charge is 0.257 e. The summed E-state index contributed by atoms with van der Waals surface area (Å²) >= 11 is 0. The Hall–Kier alpha value is -1.62. The van der Waals surface area contributed by atoms with Gasteiger partial charge < -0.3 is 0 Å². The first kappa shape index (κ1) is 13.4. The third-order valence-corrected chi connectivity index (χ3v) is 4.27. The van der Waals surface area contributed by atoms with Gasteiger partial charge >= 0.3 is 0 Å². The van der Waals surface area contributed by atoms with E-state index >= 15 is 0 Å². The van der Waals surface area contributed by atoms with E-state index in [2.05, 4.69) is 28.9 Å². The Morgan fingerprint density at radius 1 is 1.40 bits per heavy atom. The number of aromatic nitrogens is 3. The predicted molar refractivity (Wildman–Crippen MR) is 79.0 cm³/mol. The van der Waals surface area contributed by atoms with E-state index in [9.17, 15) is 4.79 Å². The van der Waals surface area contributed by atoms with Crippen LogP contribution >= 0.6 is 0 Å². The minimum absolute atomic E-state index is 0.00171. The molecule has 2 aromatic rings. The van der Waals surface area contributed by atoms with Crippen LogP contribution in [0.1, 0.15) is 38.9 Å². The van der Waals surface area contributed by atoms with E-state index in [0.29, 0.717) is 12.1 Å². The Balaban J connectivity index is 1.90. The minimum Gasteiger partial charge on any atom is -0.298 e. The lowest BCUT2D eigenvalue weighted by atomic mass is 9.97. The van der Waals surface area contributed by atoms with E-state index in [4.69, 9.17) is 0 Å².